The van der Waals surface area contributed by atoms with Crippen molar-refractivity contribution in [2.75, 3.05) is 4.72 Å². The van der Waals surface area contributed by atoms with Crippen LogP contribution in [0.5, 0.6) is 5.75 Å². The van der Waals surface area contributed by atoms with Crippen LogP contribution < -0.4 is 10.3 Å². The number of para-hydroxylation sites is 1. The van der Waals surface area contributed by atoms with Gasteiger partial charge in [-0.1, -0.05) is 23.7 Å². The Kier molecular flexibility index (Phi) is 5.27. The number of carbonyl (C=O) groups is 1. The van der Waals surface area contributed by atoms with Gasteiger partial charge >= 0.3 is 5.97 Å². The number of carboxylic acid groups (broad SMARTS) is 1. The Hall–Kier alpha value is -3.44. The van der Waals surface area contributed by atoms with Crippen LogP contribution in [-0.4, -0.2) is 34.6 Å². The number of aromatic carboxylic acids is 1. The van der Waals surface area contributed by atoms with Crippen molar-refractivity contribution in [2.24, 2.45) is 0 Å². The molecule has 0 unspecified atom stereocenters. The van der Waals surface area contributed by atoms with Crippen LogP contribution in [0.15, 0.2) is 52.2 Å². The van der Waals surface area contributed by atoms with Crippen LogP contribution in [-0.2, 0) is 10.0 Å². The Balaban J connectivity index is 2.10. The molecule has 0 saturated carbocycles. The van der Waals surface area contributed by atoms with E-state index in [1.807, 2.05) is 0 Å². The number of benzene rings is 2. The van der Waals surface area contributed by atoms with E-state index in [2.05, 4.69) is 14.7 Å². The summed E-state index contributed by atoms with van der Waals surface area (Å²) in [5, 5.41) is 18.2. The van der Waals surface area contributed by atoms with Crippen molar-refractivity contribution in [3.05, 3.63) is 69.4 Å². The standard InChI is InChI=1S/C17H11ClFN3O6S/c18-10-7-8(5-6-11(10)19)29(27,28)22-12-4-2-1-3-9(12)15-20-13(17(25)26)14(23)16(24)21-15/h1-7,22-23H,(H,25,26)(H,20,21,24). The Morgan fingerprint density at radius 1 is 1.21 bits per heavy atom. The number of nitrogens with one attached hydrogen (secondary N) is 2. The van der Waals surface area contributed by atoms with Gasteiger partial charge in [0.05, 0.1) is 15.6 Å². The van der Waals surface area contributed by atoms with Gasteiger partial charge < -0.3 is 15.2 Å². The molecule has 12 heteroatoms. The first-order chi connectivity index (χ1) is 13.6. The summed E-state index contributed by atoms with van der Waals surface area (Å²) in [5.74, 6) is -3.81. The predicted octanol–water partition coefficient (Wildman–Crippen LogP) is 2.43. The zero-order valence-corrected chi connectivity index (χ0v) is 15.8. The molecule has 2 aromatic carbocycles. The summed E-state index contributed by atoms with van der Waals surface area (Å²) in [6, 6.07) is 8.51. The lowest BCUT2D eigenvalue weighted by molar-refractivity contribution is 0.0686. The zero-order valence-electron chi connectivity index (χ0n) is 14.2. The highest BCUT2D eigenvalue weighted by Crippen LogP contribution is 2.28. The SMILES string of the molecule is O=C(O)c1nc(-c2ccccc2NS(=O)(=O)c2ccc(F)c(Cl)c2)[nH]c(=O)c1O. The van der Waals surface area contributed by atoms with Crippen LogP contribution in [0.3, 0.4) is 0 Å². The van der Waals surface area contributed by atoms with Crippen molar-refractivity contribution >= 4 is 33.3 Å². The second kappa shape index (κ2) is 7.53. The number of aromatic amines is 1. The molecule has 1 heterocycles. The highest BCUT2D eigenvalue weighted by atomic mass is 35.5. The van der Waals surface area contributed by atoms with E-state index in [1.54, 1.807) is 0 Å². The maximum Gasteiger partial charge on any atom is 0.358 e. The molecule has 0 aliphatic heterocycles. The number of sulfonamides is 1. The summed E-state index contributed by atoms with van der Waals surface area (Å²) in [7, 11) is -4.21. The minimum Gasteiger partial charge on any atom is -0.501 e. The molecule has 0 radical (unpaired) electrons. The number of hydrogen-bond acceptors (Lipinski definition) is 6. The molecule has 0 aliphatic rings. The molecule has 4 N–H and O–H groups in total. The van der Waals surface area contributed by atoms with E-state index in [0.717, 1.165) is 18.2 Å². The normalized spacial score (nSPS) is 11.2. The highest BCUT2D eigenvalue weighted by molar-refractivity contribution is 7.92. The fraction of sp³-hybridized carbons (Fsp3) is 0. The molecule has 1 aromatic heterocycles. The molecule has 3 aromatic rings. The van der Waals surface area contributed by atoms with Crippen molar-refractivity contribution in [1.29, 1.82) is 0 Å². The van der Waals surface area contributed by atoms with Gasteiger partial charge in [0.2, 0.25) is 5.75 Å². The van der Waals surface area contributed by atoms with Crippen LogP contribution in [0.4, 0.5) is 10.1 Å². The van der Waals surface area contributed by atoms with Gasteiger partial charge in [-0.3, -0.25) is 9.52 Å². The first kappa shape index (κ1) is 20.3. The van der Waals surface area contributed by atoms with Crippen LogP contribution >= 0.6 is 11.6 Å². The molecule has 150 valence electrons. The number of nitrogens with zero attached hydrogens (tertiary/aromatic N) is 1. The number of aromatic nitrogens is 2. The van der Waals surface area contributed by atoms with E-state index in [-0.39, 0.29) is 22.0 Å². The maximum absolute atomic E-state index is 13.3. The lowest BCUT2D eigenvalue weighted by Gasteiger charge is -2.13. The Morgan fingerprint density at radius 3 is 2.55 bits per heavy atom. The lowest BCUT2D eigenvalue weighted by Crippen LogP contribution is -2.17. The zero-order chi connectivity index (χ0) is 21.3. The molecule has 0 fully saturated rings. The third-order valence-corrected chi connectivity index (χ3v) is 5.38. The molecular formula is C17H11ClFN3O6S. The summed E-state index contributed by atoms with van der Waals surface area (Å²) in [5.41, 5.74) is -2.04. The fourth-order valence-electron chi connectivity index (χ4n) is 2.37. The molecule has 0 amide bonds. The average Bonchev–Trinajstić information content (AvgIpc) is 2.66. The van der Waals surface area contributed by atoms with Crippen molar-refractivity contribution in [3.63, 3.8) is 0 Å². The van der Waals surface area contributed by atoms with E-state index < -0.39 is 43.8 Å². The lowest BCUT2D eigenvalue weighted by atomic mass is 10.1. The second-order valence-electron chi connectivity index (χ2n) is 5.64. The number of carboxylic acids is 1. The smallest absolute Gasteiger partial charge is 0.358 e. The van der Waals surface area contributed by atoms with Crippen molar-refractivity contribution < 1.29 is 27.8 Å². The predicted molar refractivity (Wildman–Crippen MR) is 101 cm³/mol. The monoisotopic (exact) mass is 439 g/mol. The van der Waals surface area contributed by atoms with E-state index in [9.17, 15) is 27.5 Å². The van der Waals surface area contributed by atoms with Gasteiger partial charge in [-0.15, -0.1) is 0 Å². The number of aromatic hydroxyl groups is 1. The van der Waals surface area contributed by atoms with E-state index in [1.165, 1.54) is 24.3 Å². The summed E-state index contributed by atoms with van der Waals surface area (Å²) in [6.07, 6.45) is 0. The largest absolute Gasteiger partial charge is 0.501 e. The van der Waals surface area contributed by atoms with E-state index in [4.69, 9.17) is 16.7 Å². The highest BCUT2D eigenvalue weighted by Gasteiger charge is 2.21. The van der Waals surface area contributed by atoms with Gasteiger partial charge in [0.1, 0.15) is 11.6 Å². The van der Waals surface area contributed by atoms with Crippen molar-refractivity contribution in [1.82, 2.24) is 9.97 Å². The quantitative estimate of drug-likeness (QED) is 0.476. The van der Waals surface area contributed by atoms with Gasteiger partial charge in [-0.05, 0) is 30.3 Å². The van der Waals surface area contributed by atoms with Crippen LogP contribution in [0.1, 0.15) is 10.5 Å². The Bertz CT molecular complexity index is 1290. The molecule has 0 aliphatic carbocycles. The minimum absolute atomic E-state index is 0.0314. The average molecular weight is 440 g/mol. The maximum atomic E-state index is 13.3. The molecule has 0 bridgehead atoms. The Morgan fingerprint density at radius 2 is 1.90 bits per heavy atom. The number of rotatable bonds is 5. The number of halogens is 2. The molecule has 0 saturated heterocycles. The third-order valence-electron chi connectivity index (χ3n) is 3.73. The topological polar surface area (TPSA) is 149 Å². The van der Waals surface area contributed by atoms with Gasteiger partial charge in [0.15, 0.2) is 5.69 Å². The second-order valence-corrected chi connectivity index (χ2v) is 7.73. The third kappa shape index (κ3) is 4.05. The molecule has 3 rings (SSSR count). The van der Waals surface area contributed by atoms with Crippen LogP contribution in [0.2, 0.25) is 5.02 Å². The molecule has 0 atom stereocenters. The first-order valence-corrected chi connectivity index (χ1v) is 9.60. The van der Waals surface area contributed by atoms with Gasteiger partial charge in [-0.25, -0.2) is 22.6 Å². The van der Waals surface area contributed by atoms with E-state index in [0.29, 0.717) is 0 Å². The molecule has 0 spiro atoms. The van der Waals surface area contributed by atoms with Gasteiger partial charge in [0, 0.05) is 5.56 Å². The fourth-order valence-corrected chi connectivity index (χ4v) is 3.72. The van der Waals surface area contributed by atoms with Crippen molar-refractivity contribution in [3.8, 4) is 17.1 Å². The number of hydrogen-bond donors (Lipinski definition) is 4. The van der Waals surface area contributed by atoms with Gasteiger partial charge in [-0.2, -0.15) is 0 Å². The first-order valence-electron chi connectivity index (χ1n) is 7.74. The summed E-state index contributed by atoms with van der Waals surface area (Å²) in [4.78, 5) is 28.6. The van der Waals surface area contributed by atoms with Gasteiger partial charge in [0.25, 0.3) is 15.6 Å². The van der Waals surface area contributed by atoms with Crippen LogP contribution in [0.25, 0.3) is 11.4 Å². The van der Waals surface area contributed by atoms with Crippen molar-refractivity contribution in [2.45, 2.75) is 4.90 Å². The summed E-state index contributed by atoms with van der Waals surface area (Å²) < 4.78 is 40.8. The molecule has 29 heavy (non-hydrogen) atoms. The number of anilines is 1. The molecule has 9 nitrogen and oxygen atoms in total. The van der Waals surface area contributed by atoms with E-state index >= 15 is 0 Å². The summed E-state index contributed by atoms with van der Waals surface area (Å²) in [6.45, 7) is 0. The minimum atomic E-state index is -4.21. The molecular weight excluding hydrogens is 429 g/mol. The number of H-pyrrole nitrogens is 1. The Labute approximate surface area is 167 Å². The van der Waals surface area contributed by atoms with Crippen LogP contribution in [0, 0.1) is 5.82 Å². The summed E-state index contributed by atoms with van der Waals surface area (Å²) >= 11 is 5.63.